The quantitative estimate of drug-likeness (QED) is 0.797. The van der Waals surface area contributed by atoms with Gasteiger partial charge in [0.1, 0.15) is 11.5 Å². The molecule has 3 heterocycles. The predicted octanol–water partition coefficient (Wildman–Crippen LogP) is 2.00. The van der Waals surface area contributed by atoms with E-state index in [4.69, 9.17) is 0 Å². The van der Waals surface area contributed by atoms with Crippen molar-refractivity contribution >= 4 is 29.4 Å². The number of Topliss-reactive ketones (excluding diaryl/α,β-unsaturated/α-hetero) is 1. The second kappa shape index (κ2) is 7.79. The number of aromatic nitrogens is 2. The maximum Gasteiger partial charge on any atom is 0.269 e. The van der Waals surface area contributed by atoms with Crippen LogP contribution < -0.4 is 5.32 Å². The Kier molecular flexibility index (Phi) is 5.21. The van der Waals surface area contributed by atoms with Crippen molar-refractivity contribution in [3.63, 3.8) is 0 Å². The smallest absolute Gasteiger partial charge is 0.269 e. The van der Waals surface area contributed by atoms with Gasteiger partial charge in [-0.05, 0) is 6.92 Å². The number of carbonyl (C=O) groups is 3. The van der Waals surface area contributed by atoms with Crippen molar-refractivity contribution in [3.05, 3.63) is 41.7 Å². The van der Waals surface area contributed by atoms with Crippen LogP contribution >= 0.6 is 11.8 Å². The van der Waals surface area contributed by atoms with Crippen LogP contribution in [-0.2, 0) is 4.79 Å². The van der Waals surface area contributed by atoms with E-state index in [9.17, 15) is 14.4 Å². The number of imidazole rings is 1. The zero-order chi connectivity index (χ0) is 19.7. The normalized spacial score (nSPS) is 19.1. The number of carbonyl (C=O) groups excluding carboxylic acids is 3. The van der Waals surface area contributed by atoms with Crippen LogP contribution in [0.15, 0.2) is 30.5 Å². The van der Waals surface area contributed by atoms with Gasteiger partial charge in [-0.25, -0.2) is 4.98 Å². The van der Waals surface area contributed by atoms with E-state index in [1.54, 1.807) is 18.3 Å². The van der Waals surface area contributed by atoms with E-state index in [0.717, 1.165) is 30.2 Å². The molecule has 1 unspecified atom stereocenters. The highest BCUT2D eigenvalue weighted by Gasteiger charge is 2.31. The van der Waals surface area contributed by atoms with Gasteiger partial charge in [-0.1, -0.05) is 24.3 Å². The van der Waals surface area contributed by atoms with Crippen molar-refractivity contribution in [2.45, 2.75) is 19.4 Å². The Morgan fingerprint density at radius 2 is 1.93 bits per heavy atom. The average molecular weight is 398 g/mol. The Morgan fingerprint density at radius 1 is 1.21 bits per heavy atom. The van der Waals surface area contributed by atoms with Crippen LogP contribution in [0.25, 0.3) is 11.4 Å². The number of benzene rings is 1. The second-order valence-electron chi connectivity index (χ2n) is 7.03. The summed E-state index contributed by atoms with van der Waals surface area (Å²) in [4.78, 5) is 43.0. The van der Waals surface area contributed by atoms with Gasteiger partial charge in [0.15, 0.2) is 5.78 Å². The van der Waals surface area contributed by atoms with Gasteiger partial charge in [-0.2, -0.15) is 11.8 Å². The first-order chi connectivity index (χ1) is 13.5. The third-order valence-electron chi connectivity index (χ3n) is 5.22. The Hall–Kier alpha value is -2.61. The van der Waals surface area contributed by atoms with Gasteiger partial charge in [-0.15, -0.1) is 0 Å². The molecule has 8 heteroatoms. The monoisotopic (exact) mass is 398 g/mol. The van der Waals surface area contributed by atoms with E-state index < -0.39 is 0 Å². The van der Waals surface area contributed by atoms with Gasteiger partial charge in [-0.3, -0.25) is 14.4 Å². The van der Waals surface area contributed by atoms with Crippen molar-refractivity contribution < 1.29 is 14.4 Å². The van der Waals surface area contributed by atoms with Crippen LogP contribution in [0.2, 0.25) is 0 Å². The van der Waals surface area contributed by atoms with Gasteiger partial charge >= 0.3 is 0 Å². The number of nitrogens with zero attached hydrogens (tertiary/aromatic N) is 3. The van der Waals surface area contributed by atoms with Crippen molar-refractivity contribution in [1.29, 1.82) is 0 Å². The van der Waals surface area contributed by atoms with Crippen LogP contribution in [-0.4, -0.2) is 63.2 Å². The molecular weight excluding hydrogens is 376 g/mol. The molecule has 1 atom stereocenters. The minimum Gasteiger partial charge on any atom is -0.349 e. The van der Waals surface area contributed by atoms with Gasteiger partial charge < -0.3 is 14.8 Å². The first-order valence-electron chi connectivity index (χ1n) is 9.37. The Labute approximate surface area is 167 Å². The van der Waals surface area contributed by atoms with E-state index in [-0.39, 0.29) is 23.6 Å². The van der Waals surface area contributed by atoms with E-state index in [1.807, 2.05) is 33.4 Å². The van der Waals surface area contributed by atoms with Gasteiger partial charge in [0.25, 0.3) is 5.91 Å². The molecule has 28 heavy (non-hydrogen) atoms. The largest absolute Gasteiger partial charge is 0.349 e. The number of thioether (sulfide) groups is 1. The summed E-state index contributed by atoms with van der Waals surface area (Å²) >= 11 is 1.87. The molecule has 146 valence electrons. The van der Waals surface area contributed by atoms with Crippen LogP contribution in [0.3, 0.4) is 0 Å². The molecule has 0 radical (unpaired) electrons. The molecule has 1 aromatic carbocycles. The molecule has 4 rings (SSSR count). The number of fused-ring (bicyclic) bond motifs is 1. The summed E-state index contributed by atoms with van der Waals surface area (Å²) in [6, 6.07) is 7.00. The third-order valence-corrected chi connectivity index (χ3v) is 6.16. The average Bonchev–Trinajstić information content (AvgIpc) is 3.17. The first kappa shape index (κ1) is 18.7. The summed E-state index contributed by atoms with van der Waals surface area (Å²) in [7, 11) is 0. The highest BCUT2D eigenvalue weighted by Crippen LogP contribution is 2.29. The summed E-state index contributed by atoms with van der Waals surface area (Å²) in [5, 5.41) is 2.87. The van der Waals surface area contributed by atoms with Crippen LogP contribution in [0.4, 0.5) is 0 Å². The van der Waals surface area contributed by atoms with Crippen molar-refractivity contribution in [2.75, 3.05) is 31.1 Å². The van der Waals surface area contributed by atoms with Gasteiger partial charge in [0, 0.05) is 48.7 Å². The SMILES string of the molecule is CC(=O)c1ccc(-c2ncc3n2C(CC(=O)N2CCSCC2)CNC3=O)cc1. The third kappa shape index (κ3) is 3.56. The molecule has 2 aliphatic rings. The predicted molar refractivity (Wildman–Crippen MR) is 108 cm³/mol. The fourth-order valence-electron chi connectivity index (χ4n) is 3.67. The zero-order valence-corrected chi connectivity index (χ0v) is 16.5. The molecule has 1 fully saturated rings. The molecule has 1 aromatic heterocycles. The number of hydrogen-bond donors (Lipinski definition) is 1. The lowest BCUT2D eigenvalue weighted by molar-refractivity contribution is -0.131. The molecule has 1 N–H and O–H groups in total. The lowest BCUT2D eigenvalue weighted by Crippen LogP contribution is -2.43. The highest BCUT2D eigenvalue weighted by atomic mass is 32.2. The molecule has 0 saturated carbocycles. The Balaban J connectivity index is 1.63. The molecule has 0 aliphatic carbocycles. The number of ketones is 1. The minimum absolute atomic E-state index is 0.000701. The molecule has 0 bridgehead atoms. The van der Waals surface area contributed by atoms with Crippen LogP contribution in [0.1, 0.15) is 40.2 Å². The molecule has 7 nitrogen and oxygen atoms in total. The van der Waals surface area contributed by atoms with E-state index >= 15 is 0 Å². The first-order valence-corrected chi connectivity index (χ1v) is 10.5. The number of rotatable bonds is 4. The number of hydrogen-bond acceptors (Lipinski definition) is 5. The standard InChI is InChI=1S/C20H22N4O3S/c1-13(25)14-2-4-15(5-3-14)19-21-12-17-20(27)22-11-16(24(17)19)10-18(26)23-6-8-28-9-7-23/h2-5,12,16H,6-11H2,1H3,(H,22,27). The topological polar surface area (TPSA) is 84.3 Å². The molecule has 1 saturated heterocycles. The van der Waals surface area contributed by atoms with E-state index in [1.165, 1.54) is 6.92 Å². The zero-order valence-electron chi connectivity index (χ0n) is 15.7. The van der Waals surface area contributed by atoms with E-state index in [2.05, 4.69) is 10.3 Å². The van der Waals surface area contributed by atoms with Gasteiger partial charge in [0.2, 0.25) is 5.91 Å². The fourth-order valence-corrected chi connectivity index (χ4v) is 4.57. The number of amides is 2. The van der Waals surface area contributed by atoms with Crippen molar-refractivity contribution in [3.8, 4) is 11.4 Å². The van der Waals surface area contributed by atoms with Crippen molar-refractivity contribution in [2.24, 2.45) is 0 Å². The van der Waals surface area contributed by atoms with Gasteiger partial charge in [0.05, 0.1) is 12.2 Å². The second-order valence-corrected chi connectivity index (χ2v) is 8.26. The van der Waals surface area contributed by atoms with E-state index in [0.29, 0.717) is 30.0 Å². The minimum atomic E-state index is -0.183. The maximum absolute atomic E-state index is 12.8. The highest BCUT2D eigenvalue weighted by molar-refractivity contribution is 7.99. The fraction of sp³-hybridized carbons (Fsp3) is 0.400. The summed E-state index contributed by atoms with van der Waals surface area (Å²) in [5.41, 5.74) is 1.91. The molecule has 2 aromatic rings. The summed E-state index contributed by atoms with van der Waals surface area (Å²) < 4.78 is 1.87. The lowest BCUT2D eigenvalue weighted by atomic mass is 10.1. The van der Waals surface area contributed by atoms with Crippen LogP contribution in [0, 0.1) is 0 Å². The Bertz CT molecular complexity index is 916. The Morgan fingerprint density at radius 3 is 2.61 bits per heavy atom. The lowest BCUT2D eigenvalue weighted by Gasteiger charge is -2.31. The molecule has 2 aliphatic heterocycles. The van der Waals surface area contributed by atoms with Crippen LogP contribution in [0.5, 0.6) is 0 Å². The van der Waals surface area contributed by atoms with Crippen molar-refractivity contribution in [1.82, 2.24) is 19.8 Å². The molecule has 0 spiro atoms. The molecular formula is C20H22N4O3S. The summed E-state index contributed by atoms with van der Waals surface area (Å²) in [5.74, 6) is 2.51. The molecule has 2 amide bonds. The summed E-state index contributed by atoms with van der Waals surface area (Å²) in [6.45, 7) is 3.48. The maximum atomic E-state index is 12.8. The number of nitrogens with one attached hydrogen (secondary N) is 1. The summed E-state index contributed by atoms with van der Waals surface area (Å²) in [6.07, 6.45) is 1.88.